The van der Waals surface area contributed by atoms with Crippen molar-refractivity contribution in [2.24, 2.45) is 0 Å². The molecule has 0 fully saturated rings. The van der Waals surface area contributed by atoms with Crippen molar-refractivity contribution in [2.75, 3.05) is 11.9 Å². The first kappa shape index (κ1) is 19.6. The molecule has 2 aromatic carbocycles. The molecule has 0 aliphatic heterocycles. The highest BCUT2D eigenvalue weighted by Gasteiger charge is 2.14. The number of carbonyl (C=O) groups excluding carboxylic acids is 1. The van der Waals surface area contributed by atoms with E-state index in [1.807, 2.05) is 0 Å². The van der Waals surface area contributed by atoms with Crippen LogP contribution >= 0.6 is 0 Å². The molecular weight excluding hydrogens is 385 g/mol. The monoisotopic (exact) mass is 403 g/mol. The molecule has 0 radical (unpaired) electrons. The second-order valence-corrected chi connectivity index (χ2v) is 7.74. The Morgan fingerprint density at radius 3 is 2.39 bits per heavy atom. The zero-order valence-electron chi connectivity index (χ0n) is 14.9. The molecule has 8 nitrogen and oxygen atoms in total. The molecule has 0 spiro atoms. The number of aromatic nitrogens is 3. The smallest absolute Gasteiger partial charge is 0.240 e. The highest BCUT2D eigenvalue weighted by molar-refractivity contribution is 7.89. The van der Waals surface area contributed by atoms with E-state index in [1.165, 1.54) is 0 Å². The Morgan fingerprint density at radius 2 is 1.79 bits per heavy atom. The summed E-state index contributed by atoms with van der Waals surface area (Å²) in [6.45, 7) is 1.72. The van der Waals surface area contributed by atoms with E-state index < -0.39 is 15.8 Å². The van der Waals surface area contributed by atoms with Crippen molar-refractivity contribution in [3.8, 4) is 11.4 Å². The summed E-state index contributed by atoms with van der Waals surface area (Å²) in [5.74, 6) is 0.395. The van der Waals surface area contributed by atoms with Crippen LogP contribution in [0.1, 0.15) is 12.2 Å². The molecule has 3 N–H and O–H groups in total. The number of amides is 1. The van der Waals surface area contributed by atoms with Crippen molar-refractivity contribution < 1.29 is 17.6 Å². The van der Waals surface area contributed by atoms with Gasteiger partial charge in [-0.2, -0.15) is 5.10 Å². The minimum atomic E-state index is -3.79. The fourth-order valence-electron chi connectivity index (χ4n) is 2.39. The summed E-state index contributed by atoms with van der Waals surface area (Å²) >= 11 is 0. The van der Waals surface area contributed by atoms with Gasteiger partial charge in [0.1, 0.15) is 11.6 Å². The maximum Gasteiger partial charge on any atom is 0.240 e. The van der Waals surface area contributed by atoms with E-state index in [2.05, 4.69) is 25.2 Å². The normalized spacial score (nSPS) is 11.4. The average Bonchev–Trinajstić information content (AvgIpc) is 3.09. The van der Waals surface area contributed by atoms with E-state index in [0.29, 0.717) is 17.3 Å². The third kappa shape index (κ3) is 4.99. The number of carbonyl (C=O) groups is 1. The first-order chi connectivity index (χ1) is 13.3. The number of halogens is 1. The van der Waals surface area contributed by atoms with Gasteiger partial charge in [-0.05, 0) is 55.5 Å². The van der Waals surface area contributed by atoms with Gasteiger partial charge in [0.2, 0.25) is 15.9 Å². The van der Waals surface area contributed by atoms with Gasteiger partial charge in [-0.25, -0.2) is 22.5 Å². The summed E-state index contributed by atoms with van der Waals surface area (Å²) in [6, 6.07) is 11.4. The van der Waals surface area contributed by atoms with Crippen LogP contribution in [-0.2, 0) is 14.8 Å². The average molecular weight is 403 g/mol. The summed E-state index contributed by atoms with van der Waals surface area (Å²) in [5, 5.41) is 9.51. The summed E-state index contributed by atoms with van der Waals surface area (Å²) in [6.07, 6.45) is -0.0533. The lowest BCUT2D eigenvalue weighted by Gasteiger charge is -2.08. The molecule has 0 aliphatic rings. The third-order valence-corrected chi connectivity index (χ3v) is 5.27. The van der Waals surface area contributed by atoms with Gasteiger partial charge in [0.25, 0.3) is 0 Å². The lowest BCUT2D eigenvalue weighted by Crippen LogP contribution is -2.27. The van der Waals surface area contributed by atoms with E-state index in [9.17, 15) is 17.6 Å². The Hall–Kier alpha value is -3.11. The number of rotatable bonds is 7. The number of aryl methyl sites for hydroxylation is 1. The maximum atomic E-state index is 12.9. The Morgan fingerprint density at radius 1 is 1.11 bits per heavy atom. The fraction of sp³-hybridized carbons (Fsp3) is 0.167. The van der Waals surface area contributed by atoms with Gasteiger partial charge in [-0.1, -0.05) is 0 Å². The van der Waals surface area contributed by atoms with Gasteiger partial charge in [0.15, 0.2) is 5.82 Å². The van der Waals surface area contributed by atoms with Crippen molar-refractivity contribution in [3.05, 3.63) is 60.2 Å². The molecule has 0 atom stereocenters. The minimum absolute atomic E-state index is 0.0533. The van der Waals surface area contributed by atoms with Gasteiger partial charge in [-0.3, -0.25) is 9.89 Å². The molecule has 0 aliphatic carbocycles. The molecule has 0 bridgehead atoms. The molecular formula is C18H18FN5O3S. The number of hydrogen-bond acceptors (Lipinski definition) is 5. The number of H-pyrrole nitrogens is 1. The molecule has 1 heterocycles. The standard InChI is InChI=1S/C18H18FN5O3S/c1-12-21-18(24-23-12)13-2-6-15(7-3-13)22-17(25)10-11-20-28(26,27)16-8-4-14(19)5-9-16/h2-9,20H,10-11H2,1H3,(H,22,25)(H,21,23,24). The van der Waals surface area contributed by atoms with Crippen molar-refractivity contribution in [1.29, 1.82) is 0 Å². The van der Waals surface area contributed by atoms with Gasteiger partial charge in [0, 0.05) is 24.2 Å². The van der Waals surface area contributed by atoms with E-state index in [0.717, 1.165) is 29.8 Å². The first-order valence-electron chi connectivity index (χ1n) is 8.38. The van der Waals surface area contributed by atoms with Crippen LogP contribution in [0.5, 0.6) is 0 Å². The van der Waals surface area contributed by atoms with E-state index in [1.54, 1.807) is 31.2 Å². The number of nitrogens with one attached hydrogen (secondary N) is 3. The first-order valence-corrected chi connectivity index (χ1v) is 9.86. The van der Waals surface area contributed by atoms with Crippen molar-refractivity contribution in [3.63, 3.8) is 0 Å². The van der Waals surface area contributed by atoms with E-state index in [4.69, 9.17) is 0 Å². The van der Waals surface area contributed by atoms with Crippen LogP contribution in [0.3, 0.4) is 0 Å². The van der Waals surface area contributed by atoms with E-state index >= 15 is 0 Å². The number of anilines is 1. The number of nitrogens with zero attached hydrogens (tertiary/aromatic N) is 2. The quantitative estimate of drug-likeness (QED) is 0.559. The predicted molar refractivity (Wildman–Crippen MR) is 101 cm³/mol. The van der Waals surface area contributed by atoms with Crippen LogP contribution in [0.4, 0.5) is 10.1 Å². The van der Waals surface area contributed by atoms with Crippen molar-refractivity contribution in [2.45, 2.75) is 18.2 Å². The van der Waals surface area contributed by atoms with Crippen LogP contribution in [0.25, 0.3) is 11.4 Å². The molecule has 146 valence electrons. The lowest BCUT2D eigenvalue weighted by molar-refractivity contribution is -0.116. The van der Waals surface area contributed by atoms with Crippen LogP contribution in [0.15, 0.2) is 53.4 Å². The third-order valence-electron chi connectivity index (χ3n) is 3.79. The van der Waals surface area contributed by atoms with Crippen LogP contribution in [0.2, 0.25) is 0 Å². The number of sulfonamides is 1. The van der Waals surface area contributed by atoms with Gasteiger partial charge in [0.05, 0.1) is 4.90 Å². The molecule has 3 rings (SSSR count). The summed E-state index contributed by atoms with van der Waals surface area (Å²) in [5.41, 5.74) is 1.37. The van der Waals surface area contributed by atoms with Crippen molar-refractivity contribution in [1.82, 2.24) is 19.9 Å². The topological polar surface area (TPSA) is 117 Å². The largest absolute Gasteiger partial charge is 0.326 e. The Labute approximate surface area is 161 Å². The zero-order chi connectivity index (χ0) is 20.1. The van der Waals surface area contributed by atoms with Crippen LogP contribution < -0.4 is 10.0 Å². The minimum Gasteiger partial charge on any atom is -0.326 e. The lowest BCUT2D eigenvalue weighted by atomic mass is 10.2. The van der Waals surface area contributed by atoms with E-state index in [-0.39, 0.29) is 23.8 Å². The number of benzene rings is 2. The molecule has 3 aromatic rings. The molecule has 0 unspecified atom stereocenters. The Balaban J connectivity index is 1.51. The second-order valence-electron chi connectivity index (χ2n) is 5.97. The summed E-state index contributed by atoms with van der Waals surface area (Å²) in [7, 11) is -3.79. The fourth-order valence-corrected chi connectivity index (χ4v) is 3.43. The number of hydrogen-bond donors (Lipinski definition) is 3. The molecule has 1 aromatic heterocycles. The predicted octanol–water partition coefficient (Wildman–Crippen LogP) is 2.23. The zero-order valence-corrected chi connectivity index (χ0v) is 15.8. The summed E-state index contributed by atoms with van der Waals surface area (Å²) in [4.78, 5) is 16.2. The van der Waals surface area contributed by atoms with Crippen LogP contribution in [-0.4, -0.2) is 36.1 Å². The maximum absolute atomic E-state index is 12.9. The van der Waals surface area contributed by atoms with Gasteiger partial charge in [-0.15, -0.1) is 0 Å². The summed E-state index contributed by atoms with van der Waals surface area (Å²) < 4.78 is 39.4. The Kier molecular flexibility index (Phi) is 5.81. The van der Waals surface area contributed by atoms with Gasteiger partial charge < -0.3 is 5.32 Å². The van der Waals surface area contributed by atoms with Crippen molar-refractivity contribution >= 4 is 21.6 Å². The van der Waals surface area contributed by atoms with Crippen LogP contribution in [0, 0.1) is 12.7 Å². The molecule has 28 heavy (non-hydrogen) atoms. The highest BCUT2D eigenvalue weighted by Crippen LogP contribution is 2.18. The van der Waals surface area contributed by atoms with Gasteiger partial charge >= 0.3 is 0 Å². The SMILES string of the molecule is Cc1nc(-c2ccc(NC(=O)CCNS(=O)(=O)c3ccc(F)cc3)cc2)n[nH]1. The second kappa shape index (κ2) is 8.28. The highest BCUT2D eigenvalue weighted by atomic mass is 32.2. The molecule has 1 amide bonds. The molecule has 10 heteroatoms. The molecule has 0 saturated carbocycles. The number of aromatic amines is 1. The molecule has 0 saturated heterocycles. The Bertz CT molecular complexity index is 1060.